The van der Waals surface area contributed by atoms with E-state index in [0.29, 0.717) is 0 Å². The van der Waals surface area contributed by atoms with Crippen LogP contribution in [0.4, 0.5) is 0 Å². The Morgan fingerprint density at radius 1 is 1.22 bits per heavy atom. The topological polar surface area (TPSA) is 0 Å². The molecule has 0 aliphatic heterocycles. The summed E-state index contributed by atoms with van der Waals surface area (Å²) in [7, 11) is 0. The fourth-order valence-electron chi connectivity index (χ4n) is 1.61. The summed E-state index contributed by atoms with van der Waals surface area (Å²) in [6, 6.07) is 0. The van der Waals surface area contributed by atoms with Crippen molar-refractivity contribution in [3.05, 3.63) is 0 Å². The van der Waals surface area contributed by atoms with Gasteiger partial charge < -0.3 is 0 Å². The maximum atomic E-state index is 2.36. The van der Waals surface area contributed by atoms with Crippen molar-refractivity contribution < 1.29 is 0 Å². The molecule has 0 N–H and O–H groups in total. The van der Waals surface area contributed by atoms with Gasteiger partial charge in [-0.2, -0.15) is 0 Å². The van der Waals surface area contributed by atoms with Crippen molar-refractivity contribution in [1.29, 1.82) is 0 Å². The summed E-state index contributed by atoms with van der Waals surface area (Å²) in [4.78, 5) is 0. The number of rotatable bonds is 1. The molecule has 0 aromatic heterocycles. The molecule has 0 amide bonds. The quantitative estimate of drug-likeness (QED) is 0.611. The molecule has 0 bridgehead atoms. The van der Waals surface area contributed by atoms with Crippen molar-refractivity contribution in [3.8, 4) is 0 Å². The van der Waals surface area contributed by atoms with E-state index in [1.165, 1.54) is 61.5 Å². The fraction of sp³-hybridized carbons (Fsp3) is 1.00. The first-order valence-corrected chi connectivity index (χ1v) is 5.70. The second-order valence-corrected chi connectivity index (χ2v) is 6.77. The van der Waals surface area contributed by atoms with E-state index < -0.39 is 0 Å². The molecule has 0 heterocycles. The molecule has 1 saturated carbocycles. The van der Waals surface area contributed by atoms with Gasteiger partial charge in [0, 0.05) is 0 Å². The summed E-state index contributed by atoms with van der Waals surface area (Å²) in [6.07, 6.45) is 9.03. The third kappa shape index (κ3) is 2.15. The van der Waals surface area contributed by atoms with E-state index in [9.17, 15) is 0 Å². The standard InChI is InChI=1S/C8H15.Sb.2H/c1-2-8-6-4-3-5-7-8;;;/h2-7H2,1H3;;;. The fourth-order valence-corrected chi connectivity index (χ4v) is 2.77. The molecule has 1 heteroatoms. The van der Waals surface area contributed by atoms with Crippen LogP contribution in [0, 0.1) is 0 Å². The summed E-state index contributed by atoms with van der Waals surface area (Å²) in [5, 5.41) is 0. The predicted molar refractivity (Wildman–Crippen MR) is 44.6 cm³/mol. The van der Waals surface area contributed by atoms with Gasteiger partial charge in [0.15, 0.2) is 0 Å². The Hall–Kier alpha value is 0.818. The average molecular weight is 235 g/mol. The van der Waals surface area contributed by atoms with Gasteiger partial charge >= 0.3 is 71.8 Å². The van der Waals surface area contributed by atoms with E-state index in [0.717, 1.165) is 3.36 Å². The van der Waals surface area contributed by atoms with Crippen LogP contribution in [0.1, 0.15) is 45.4 Å². The van der Waals surface area contributed by atoms with Crippen molar-refractivity contribution in [1.82, 2.24) is 0 Å². The number of hydrogen-bond acceptors (Lipinski definition) is 0. The third-order valence-electron chi connectivity index (χ3n) is 2.55. The average Bonchev–Trinajstić information content (AvgIpc) is 1.90. The first-order valence-electron chi connectivity index (χ1n) is 4.06. The van der Waals surface area contributed by atoms with E-state index >= 15 is 0 Å². The van der Waals surface area contributed by atoms with Crippen molar-refractivity contribution in [2.75, 3.05) is 0 Å². The molecule has 0 atom stereocenters. The monoisotopic (exact) mass is 234 g/mol. The molecule has 0 unspecified atom stereocenters. The van der Waals surface area contributed by atoms with Crippen LogP contribution in [0.2, 0.25) is 3.36 Å². The van der Waals surface area contributed by atoms with Crippen LogP contribution in [0.15, 0.2) is 0 Å². The summed E-state index contributed by atoms with van der Waals surface area (Å²) < 4.78 is 0.850. The molecule has 0 aromatic carbocycles. The Morgan fingerprint density at radius 2 is 1.78 bits per heavy atom. The van der Waals surface area contributed by atoms with Gasteiger partial charge in [-0.05, 0) is 0 Å². The van der Waals surface area contributed by atoms with Crippen molar-refractivity contribution >= 4 is 23.0 Å². The Morgan fingerprint density at radius 3 is 2.11 bits per heavy atom. The van der Waals surface area contributed by atoms with Crippen LogP contribution < -0.4 is 0 Å². The van der Waals surface area contributed by atoms with Gasteiger partial charge in [0.25, 0.3) is 0 Å². The molecule has 9 heavy (non-hydrogen) atoms. The van der Waals surface area contributed by atoms with Crippen LogP contribution in [0.5, 0.6) is 0 Å². The Labute approximate surface area is 71.9 Å². The van der Waals surface area contributed by atoms with Crippen molar-refractivity contribution in [2.24, 2.45) is 0 Å². The van der Waals surface area contributed by atoms with Gasteiger partial charge in [-0.1, -0.05) is 0 Å². The van der Waals surface area contributed by atoms with E-state index in [4.69, 9.17) is 0 Å². The zero-order valence-corrected chi connectivity index (χ0v) is 9.62. The second kappa shape index (κ2) is 3.28. The molecule has 0 aromatic rings. The molecule has 0 saturated heterocycles. The van der Waals surface area contributed by atoms with Gasteiger partial charge in [-0.15, -0.1) is 0 Å². The van der Waals surface area contributed by atoms with Gasteiger partial charge in [-0.3, -0.25) is 0 Å². The molecule has 1 aliphatic rings. The minimum absolute atomic E-state index is 0.850. The van der Waals surface area contributed by atoms with Crippen LogP contribution in [-0.2, 0) is 0 Å². The van der Waals surface area contributed by atoms with Gasteiger partial charge in [0.2, 0.25) is 0 Å². The molecule has 1 aliphatic carbocycles. The molecule has 0 nitrogen and oxygen atoms in total. The van der Waals surface area contributed by atoms with Crippen LogP contribution in [0.25, 0.3) is 0 Å². The van der Waals surface area contributed by atoms with Crippen molar-refractivity contribution in [2.45, 2.75) is 48.8 Å². The molecular weight excluding hydrogens is 218 g/mol. The van der Waals surface area contributed by atoms with Gasteiger partial charge in [-0.25, -0.2) is 0 Å². The SMILES string of the molecule is CC[C]1([SbH2])CCCCC1. The molecule has 1 rings (SSSR count). The summed E-state index contributed by atoms with van der Waals surface area (Å²) >= 11 is 1.50. The Kier molecular flexibility index (Phi) is 2.89. The molecular formula is C8H17Sb. The summed E-state index contributed by atoms with van der Waals surface area (Å²) in [6.45, 7) is 2.36. The predicted octanol–water partition coefficient (Wildman–Crippen LogP) is 2.15. The van der Waals surface area contributed by atoms with Gasteiger partial charge in [0.1, 0.15) is 0 Å². The third-order valence-corrected chi connectivity index (χ3v) is 5.37. The molecule has 0 radical (unpaired) electrons. The maximum absolute atomic E-state index is 2.36. The Balaban J connectivity index is 2.37. The van der Waals surface area contributed by atoms with E-state index in [1.54, 1.807) is 0 Å². The van der Waals surface area contributed by atoms with E-state index in [-0.39, 0.29) is 0 Å². The molecule has 1 fully saturated rings. The second-order valence-electron chi connectivity index (χ2n) is 3.28. The first-order chi connectivity index (χ1) is 4.27. The van der Waals surface area contributed by atoms with E-state index in [1.807, 2.05) is 0 Å². The zero-order chi connectivity index (χ0) is 6.74. The van der Waals surface area contributed by atoms with Gasteiger partial charge in [0.05, 0.1) is 0 Å². The Bertz CT molecular complexity index is 82.6. The summed E-state index contributed by atoms with van der Waals surface area (Å²) in [5.74, 6) is 0. The summed E-state index contributed by atoms with van der Waals surface area (Å²) in [5.41, 5.74) is 0. The van der Waals surface area contributed by atoms with Crippen LogP contribution in [-0.4, -0.2) is 23.0 Å². The normalized spacial score (nSPS) is 26.0. The molecule has 0 spiro atoms. The minimum atomic E-state index is 0.850. The molecule has 54 valence electrons. The first kappa shape index (κ1) is 7.92. The van der Waals surface area contributed by atoms with Crippen LogP contribution >= 0.6 is 0 Å². The van der Waals surface area contributed by atoms with Crippen molar-refractivity contribution in [3.63, 3.8) is 0 Å². The van der Waals surface area contributed by atoms with E-state index in [2.05, 4.69) is 6.92 Å². The zero-order valence-electron chi connectivity index (χ0n) is 6.32. The van der Waals surface area contributed by atoms with Crippen LogP contribution in [0.3, 0.4) is 0 Å². The number of hydrogen-bond donors (Lipinski definition) is 0.